The monoisotopic (exact) mass is 388 g/mol. The minimum Gasteiger partial charge on any atom is -0.497 e. The summed E-state index contributed by atoms with van der Waals surface area (Å²) in [5, 5.41) is 2.37. The van der Waals surface area contributed by atoms with Crippen LogP contribution >= 0.6 is 11.3 Å². The SMILES string of the molecule is COc1ccc(-c2nc(C(=O)OCC(=O)N3[C@H](C)CCC[C@H]3C)cs2)cc1. The Kier molecular flexibility index (Phi) is 6.11. The number of hydrogen-bond donors (Lipinski definition) is 0. The van der Waals surface area contributed by atoms with Crippen LogP contribution in [0.3, 0.4) is 0 Å². The maximum Gasteiger partial charge on any atom is 0.358 e. The van der Waals surface area contributed by atoms with Gasteiger partial charge in [0.2, 0.25) is 0 Å². The number of rotatable bonds is 5. The second-order valence-corrected chi connectivity index (χ2v) is 7.63. The van der Waals surface area contributed by atoms with E-state index in [1.54, 1.807) is 12.5 Å². The Morgan fingerprint density at radius 2 is 1.85 bits per heavy atom. The molecule has 0 aliphatic carbocycles. The topological polar surface area (TPSA) is 68.7 Å². The minimum atomic E-state index is -0.573. The van der Waals surface area contributed by atoms with Crippen LogP contribution < -0.4 is 4.74 Å². The number of methoxy groups -OCH3 is 1. The Morgan fingerprint density at radius 3 is 2.48 bits per heavy atom. The molecule has 0 N–H and O–H groups in total. The van der Waals surface area contributed by atoms with E-state index in [4.69, 9.17) is 9.47 Å². The summed E-state index contributed by atoms with van der Waals surface area (Å²) in [6.07, 6.45) is 3.10. The van der Waals surface area contributed by atoms with Crippen LogP contribution in [0.1, 0.15) is 43.6 Å². The fourth-order valence-corrected chi connectivity index (χ4v) is 4.22. The lowest BCUT2D eigenvalue weighted by Crippen LogP contribution is -2.49. The predicted molar refractivity (Wildman–Crippen MR) is 104 cm³/mol. The number of carbonyl (C=O) groups is 2. The average Bonchev–Trinajstić information content (AvgIpc) is 3.16. The van der Waals surface area contributed by atoms with Crippen molar-refractivity contribution >= 4 is 23.2 Å². The average molecular weight is 388 g/mol. The van der Waals surface area contributed by atoms with Crippen LogP contribution in [-0.4, -0.2) is 47.6 Å². The van der Waals surface area contributed by atoms with Gasteiger partial charge in [0.15, 0.2) is 12.3 Å². The van der Waals surface area contributed by atoms with Crippen LogP contribution in [-0.2, 0) is 9.53 Å². The Hall–Kier alpha value is -2.41. The first-order valence-electron chi connectivity index (χ1n) is 9.08. The van der Waals surface area contributed by atoms with Crippen molar-refractivity contribution in [3.63, 3.8) is 0 Å². The zero-order valence-electron chi connectivity index (χ0n) is 15.8. The molecule has 0 bridgehead atoms. The zero-order valence-corrected chi connectivity index (χ0v) is 16.6. The van der Waals surface area contributed by atoms with Crippen LogP contribution in [0.5, 0.6) is 5.75 Å². The Labute approximate surface area is 163 Å². The quantitative estimate of drug-likeness (QED) is 0.730. The summed E-state index contributed by atoms with van der Waals surface area (Å²) in [7, 11) is 1.61. The first-order valence-corrected chi connectivity index (χ1v) is 9.95. The normalized spacial score (nSPS) is 19.6. The van der Waals surface area contributed by atoms with Gasteiger partial charge in [0.05, 0.1) is 7.11 Å². The Morgan fingerprint density at radius 1 is 1.19 bits per heavy atom. The molecule has 2 atom stereocenters. The number of aromatic nitrogens is 1. The van der Waals surface area contributed by atoms with Gasteiger partial charge >= 0.3 is 5.97 Å². The summed E-state index contributed by atoms with van der Waals surface area (Å²) >= 11 is 1.36. The largest absolute Gasteiger partial charge is 0.497 e. The predicted octanol–water partition coefficient (Wildman–Crippen LogP) is 3.77. The van der Waals surface area contributed by atoms with Crippen LogP contribution in [0, 0.1) is 0 Å². The highest BCUT2D eigenvalue weighted by atomic mass is 32.1. The molecular weight excluding hydrogens is 364 g/mol. The van der Waals surface area contributed by atoms with E-state index >= 15 is 0 Å². The number of piperidine rings is 1. The van der Waals surface area contributed by atoms with Gasteiger partial charge in [-0.1, -0.05) is 0 Å². The summed E-state index contributed by atoms with van der Waals surface area (Å²) in [4.78, 5) is 30.9. The van der Waals surface area contributed by atoms with E-state index < -0.39 is 5.97 Å². The lowest BCUT2D eigenvalue weighted by Gasteiger charge is -2.38. The highest BCUT2D eigenvalue weighted by Crippen LogP contribution is 2.26. The van der Waals surface area contributed by atoms with Gasteiger partial charge in [0.1, 0.15) is 10.8 Å². The number of ether oxygens (including phenoxy) is 2. The van der Waals surface area contributed by atoms with E-state index in [-0.39, 0.29) is 30.3 Å². The van der Waals surface area contributed by atoms with Gasteiger partial charge in [-0.3, -0.25) is 4.79 Å². The van der Waals surface area contributed by atoms with Crippen molar-refractivity contribution in [3.8, 4) is 16.3 Å². The molecule has 1 amide bonds. The number of amides is 1. The molecule has 1 aliphatic rings. The van der Waals surface area contributed by atoms with Crippen molar-refractivity contribution in [1.82, 2.24) is 9.88 Å². The van der Waals surface area contributed by atoms with Crippen LogP contribution in [0.4, 0.5) is 0 Å². The van der Waals surface area contributed by atoms with Crippen LogP contribution in [0.2, 0.25) is 0 Å². The summed E-state index contributed by atoms with van der Waals surface area (Å²) < 4.78 is 10.4. The van der Waals surface area contributed by atoms with Crippen LogP contribution in [0.15, 0.2) is 29.6 Å². The molecule has 1 aromatic heterocycles. The first kappa shape index (κ1) is 19.4. The molecule has 0 spiro atoms. The Bertz CT molecular complexity index is 793. The van der Waals surface area contributed by atoms with Gasteiger partial charge in [0.25, 0.3) is 5.91 Å². The molecule has 6 nitrogen and oxygen atoms in total. The number of carbonyl (C=O) groups excluding carboxylic acids is 2. The van der Waals surface area contributed by atoms with Gasteiger partial charge < -0.3 is 14.4 Å². The lowest BCUT2D eigenvalue weighted by atomic mass is 9.97. The maximum atomic E-state index is 12.5. The van der Waals surface area contributed by atoms with E-state index in [2.05, 4.69) is 4.98 Å². The smallest absolute Gasteiger partial charge is 0.358 e. The maximum absolute atomic E-state index is 12.5. The number of thiazole rings is 1. The summed E-state index contributed by atoms with van der Waals surface area (Å²) in [5.74, 6) is 0.0416. The van der Waals surface area contributed by atoms with E-state index in [9.17, 15) is 9.59 Å². The number of esters is 1. The van der Waals surface area contributed by atoms with Crippen molar-refractivity contribution in [2.24, 2.45) is 0 Å². The second-order valence-electron chi connectivity index (χ2n) is 6.77. The third-order valence-corrected chi connectivity index (χ3v) is 5.75. The second kappa shape index (κ2) is 8.52. The molecule has 7 heteroatoms. The van der Waals surface area contributed by atoms with Gasteiger partial charge in [-0.05, 0) is 57.4 Å². The number of likely N-dealkylation sites (tertiary alicyclic amines) is 1. The van der Waals surface area contributed by atoms with E-state index in [0.29, 0.717) is 5.01 Å². The molecular formula is C20H24N2O4S. The van der Waals surface area contributed by atoms with Gasteiger partial charge in [-0.2, -0.15) is 0 Å². The highest BCUT2D eigenvalue weighted by Gasteiger charge is 2.29. The van der Waals surface area contributed by atoms with Crippen LogP contribution in [0.25, 0.3) is 10.6 Å². The number of benzene rings is 1. The van der Waals surface area contributed by atoms with Gasteiger partial charge in [-0.15, -0.1) is 11.3 Å². The molecule has 0 saturated carbocycles. The van der Waals surface area contributed by atoms with Gasteiger partial charge in [0, 0.05) is 23.0 Å². The molecule has 2 heterocycles. The van der Waals surface area contributed by atoms with E-state index in [0.717, 1.165) is 30.6 Å². The molecule has 1 aliphatic heterocycles. The Balaban J connectivity index is 1.60. The standard InChI is InChI=1S/C20H24N2O4S/c1-13-5-4-6-14(2)22(13)18(23)11-26-20(24)17-12-27-19(21-17)15-7-9-16(25-3)10-8-15/h7-10,12-14H,4-6,11H2,1-3H3/t13-,14-/m1/s1. The van der Waals surface area contributed by atoms with Crippen molar-refractivity contribution in [2.45, 2.75) is 45.2 Å². The molecule has 1 saturated heterocycles. The molecule has 1 aromatic carbocycles. The third-order valence-electron chi connectivity index (χ3n) is 4.86. The van der Waals surface area contributed by atoms with Crippen molar-refractivity contribution < 1.29 is 19.1 Å². The molecule has 27 heavy (non-hydrogen) atoms. The van der Waals surface area contributed by atoms with Crippen molar-refractivity contribution in [1.29, 1.82) is 0 Å². The summed E-state index contributed by atoms with van der Waals surface area (Å²) in [6, 6.07) is 7.81. The minimum absolute atomic E-state index is 0.145. The summed E-state index contributed by atoms with van der Waals surface area (Å²) in [5.41, 5.74) is 1.12. The molecule has 144 valence electrons. The molecule has 0 unspecified atom stereocenters. The first-order chi connectivity index (χ1) is 13.0. The van der Waals surface area contributed by atoms with Gasteiger partial charge in [-0.25, -0.2) is 9.78 Å². The van der Waals surface area contributed by atoms with E-state index in [1.807, 2.05) is 43.0 Å². The fraction of sp³-hybridized carbons (Fsp3) is 0.450. The molecule has 3 rings (SSSR count). The fourth-order valence-electron chi connectivity index (χ4n) is 3.42. The molecule has 0 radical (unpaired) electrons. The zero-order chi connectivity index (χ0) is 19.4. The van der Waals surface area contributed by atoms with Crippen molar-refractivity contribution in [2.75, 3.05) is 13.7 Å². The van der Waals surface area contributed by atoms with E-state index in [1.165, 1.54) is 11.3 Å². The van der Waals surface area contributed by atoms with Crippen molar-refractivity contribution in [3.05, 3.63) is 35.3 Å². The molecule has 1 fully saturated rings. The number of hydrogen-bond acceptors (Lipinski definition) is 6. The lowest BCUT2D eigenvalue weighted by molar-refractivity contribution is -0.140. The summed E-state index contributed by atoms with van der Waals surface area (Å²) in [6.45, 7) is 3.83. The highest BCUT2D eigenvalue weighted by molar-refractivity contribution is 7.13. The third kappa shape index (κ3) is 4.47. The molecule has 2 aromatic rings. The number of nitrogens with zero attached hydrogens (tertiary/aromatic N) is 2.